The largest absolute Gasteiger partial charge is 0.313 e. The first-order valence-electron chi connectivity index (χ1n) is 6.14. The van der Waals surface area contributed by atoms with Crippen LogP contribution in [0.1, 0.15) is 24.5 Å². The van der Waals surface area contributed by atoms with Gasteiger partial charge in [0.15, 0.2) is 0 Å². The molecule has 17 heavy (non-hydrogen) atoms. The van der Waals surface area contributed by atoms with Gasteiger partial charge in [0.1, 0.15) is 5.82 Å². The predicted molar refractivity (Wildman–Crippen MR) is 75.3 cm³/mol. The first kappa shape index (κ1) is 14.5. The first-order valence-corrected chi connectivity index (χ1v) is 7.54. The van der Waals surface area contributed by atoms with E-state index < -0.39 is 0 Å². The maximum atomic E-state index is 13.2. The number of hydrogen-bond donors (Lipinski definition) is 1. The summed E-state index contributed by atoms with van der Waals surface area (Å²) in [6.07, 6.45) is 4.15. The molecule has 1 aromatic carbocycles. The minimum Gasteiger partial charge on any atom is -0.313 e. The molecule has 0 spiro atoms. The quantitative estimate of drug-likeness (QED) is 0.801. The van der Waals surface area contributed by atoms with Gasteiger partial charge in [0, 0.05) is 11.8 Å². The van der Waals surface area contributed by atoms with Crippen molar-refractivity contribution in [1.82, 2.24) is 5.32 Å². The fraction of sp³-hybridized carbons (Fsp3) is 0.571. The fourth-order valence-electron chi connectivity index (χ4n) is 1.87. The maximum absolute atomic E-state index is 13.2. The molecule has 1 unspecified atom stereocenters. The number of hydrogen-bond acceptors (Lipinski definition) is 2. The van der Waals surface area contributed by atoms with Crippen LogP contribution < -0.4 is 5.32 Å². The number of rotatable bonds is 7. The summed E-state index contributed by atoms with van der Waals surface area (Å²) >= 11 is 1.83. The predicted octanol–water partition coefficient (Wildman–Crippen LogP) is 3.41. The van der Waals surface area contributed by atoms with Gasteiger partial charge < -0.3 is 5.32 Å². The zero-order valence-corrected chi connectivity index (χ0v) is 11.7. The highest BCUT2D eigenvalue weighted by Crippen LogP contribution is 2.14. The molecule has 1 aromatic rings. The Hall–Kier alpha value is -0.540. The average molecular weight is 255 g/mol. The van der Waals surface area contributed by atoms with Gasteiger partial charge in [0.2, 0.25) is 0 Å². The minimum atomic E-state index is -0.135. The van der Waals surface area contributed by atoms with Crippen molar-refractivity contribution in [3.05, 3.63) is 35.1 Å². The van der Waals surface area contributed by atoms with Gasteiger partial charge in [0.25, 0.3) is 0 Å². The summed E-state index contributed by atoms with van der Waals surface area (Å²) in [5, 5.41) is 3.52. The van der Waals surface area contributed by atoms with Crippen LogP contribution in [0.15, 0.2) is 18.2 Å². The van der Waals surface area contributed by atoms with Crippen molar-refractivity contribution >= 4 is 11.8 Å². The molecular weight excluding hydrogens is 233 g/mol. The molecule has 0 radical (unpaired) electrons. The molecule has 1 atom stereocenters. The third-order valence-electron chi connectivity index (χ3n) is 2.83. The van der Waals surface area contributed by atoms with Crippen LogP contribution in [-0.2, 0) is 6.42 Å². The molecule has 0 heterocycles. The van der Waals surface area contributed by atoms with E-state index in [1.165, 1.54) is 11.6 Å². The normalized spacial score (nSPS) is 12.7. The molecule has 0 aliphatic rings. The Morgan fingerprint density at radius 2 is 2.18 bits per heavy atom. The molecule has 0 bridgehead atoms. The lowest BCUT2D eigenvalue weighted by molar-refractivity contribution is 0.546. The number of halogens is 1. The van der Waals surface area contributed by atoms with Gasteiger partial charge in [-0.1, -0.05) is 13.0 Å². The zero-order chi connectivity index (χ0) is 12.7. The van der Waals surface area contributed by atoms with E-state index in [4.69, 9.17) is 0 Å². The van der Waals surface area contributed by atoms with E-state index in [1.807, 2.05) is 24.8 Å². The van der Waals surface area contributed by atoms with Gasteiger partial charge >= 0.3 is 0 Å². The lowest BCUT2D eigenvalue weighted by Gasteiger charge is -2.18. The summed E-state index contributed by atoms with van der Waals surface area (Å²) in [6.45, 7) is 5.24. The summed E-state index contributed by atoms with van der Waals surface area (Å²) in [5.41, 5.74) is 2.29. The molecule has 0 amide bonds. The molecule has 1 N–H and O–H groups in total. The lowest BCUT2D eigenvalue weighted by atomic mass is 10.0. The third kappa shape index (κ3) is 5.09. The van der Waals surface area contributed by atoms with Crippen LogP contribution in [0.25, 0.3) is 0 Å². The van der Waals surface area contributed by atoms with E-state index in [0.717, 1.165) is 30.7 Å². The molecule has 96 valence electrons. The summed E-state index contributed by atoms with van der Waals surface area (Å²) in [6, 6.07) is 5.49. The molecule has 0 aliphatic carbocycles. The molecule has 3 heteroatoms. The van der Waals surface area contributed by atoms with E-state index in [9.17, 15) is 4.39 Å². The van der Waals surface area contributed by atoms with Gasteiger partial charge in [-0.05, 0) is 55.8 Å². The second-order valence-electron chi connectivity index (χ2n) is 4.38. The summed E-state index contributed by atoms with van der Waals surface area (Å²) < 4.78 is 13.2. The maximum Gasteiger partial charge on any atom is 0.123 e. The highest BCUT2D eigenvalue weighted by atomic mass is 32.2. The smallest absolute Gasteiger partial charge is 0.123 e. The van der Waals surface area contributed by atoms with Gasteiger partial charge in [0.05, 0.1) is 0 Å². The second-order valence-corrected chi connectivity index (χ2v) is 5.29. The van der Waals surface area contributed by atoms with Crippen LogP contribution in [0.5, 0.6) is 0 Å². The van der Waals surface area contributed by atoms with Crippen LogP contribution in [0.2, 0.25) is 0 Å². The molecule has 0 saturated heterocycles. The van der Waals surface area contributed by atoms with Crippen LogP contribution in [-0.4, -0.2) is 24.6 Å². The van der Waals surface area contributed by atoms with Crippen molar-refractivity contribution in [2.45, 2.75) is 32.7 Å². The third-order valence-corrected chi connectivity index (χ3v) is 3.56. The lowest BCUT2D eigenvalue weighted by Crippen LogP contribution is -2.34. The van der Waals surface area contributed by atoms with E-state index in [1.54, 1.807) is 6.07 Å². The summed E-state index contributed by atoms with van der Waals surface area (Å²) in [5.74, 6) is 0.930. The Kier molecular flexibility index (Phi) is 6.60. The summed E-state index contributed by atoms with van der Waals surface area (Å²) in [7, 11) is 0. The molecule has 1 nitrogen and oxygen atoms in total. The molecule has 0 aromatic heterocycles. The van der Waals surface area contributed by atoms with E-state index in [-0.39, 0.29) is 5.82 Å². The van der Waals surface area contributed by atoms with Gasteiger partial charge in [-0.15, -0.1) is 0 Å². The minimum absolute atomic E-state index is 0.135. The SMILES string of the molecule is CCCNC(CSC)Cc1cc(F)ccc1C. The fourth-order valence-corrected chi connectivity index (χ4v) is 2.50. The second kappa shape index (κ2) is 7.72. The Bertz CT molecular complexity index is 341. The molecule has 0 saturated carbocycles. The number of benzene rings is 1. The first-order chi connectivity index (χ1) is 8.17. The van der Waals surface area contributed by atoms with Crippen LogP contribution in [0.4, 0.5) is 4.39 Å². The van der Waals surface area contributed by atoms with Crippen LogP contribution in [0.3, 0.4) is 0 Å². The van der Waals surface area contributed by atoms with Crippen molar-refractivity contribution in [1.29, 1.82) is 0 Å². The van der Waals surface area contributed by atoms with Gasteiger partial charge in [-0.3, -0.25) is 0 Å². The van der Waals surface area contributed by atoms with E-state index in [0.29, 0.717) is 6.04 Å². The Morgan fingerprint density at radius 1 is 1.41 bits per heavy atom. The average Bonchev–Trinajstić information content (AvgIpc) is 2.31. The highest BCUT2D eigenvalue weighted by Gasteiger charge is 2.10. The van der Waals surface area contributed by atoms with E-state index in [2.05, 4.69) is 18.5 Å². The molecule has 0 fully saturated rings. The topological polar surface area (TPSA) is 12.0 Å². The van der Waals surface area contributed by atoms with Crippen molar-refractivity contribution < 1.29 is 4.39 Å². The van der Waals surface area contributed by atoms with E-state index >= 15 is 0 Å². The standard InChI is InChI=1S/C14H22FNS/c1-4-7-16-14(10-17-3)9-12-8-13(15)6-5-11(12)2/h5-6,8,14,16H,4,7,9-10H2,1-3H3. The Labute approximate surface area is 108 Å². The highest BCUT2D eigenvalue weighted by molar-refractivity contribution is 7.98. The molecule has 1 rings (SSSR count). The van der Waals surface area contributed by atoms with Crippen molar-refractivity contribution in [2.75, 3.05) is 18.6 Å². The number of aryl methyl sites for hydroxylation is 1. The Morgan fingerprint density at radius 3 is 2.82 bits per heavy atom. The van der Waals surface area contributed by atoms with Crippen LogP contribution in [0, 0.1) is 12.7 Å². The Balaban J connectivity index is 2.67. The van der Waals surface area contributed by atoms with Gasteiger partial charge in [-0.2, -0.15) is 11.8 Å². The zero-order valence-electron chi connectivity index (χ0n) is 10.9. The molecule has 0 aliphatic heterocycles. The summed E-state index contributed by atoms with van der Waals surface area (Å²) in [4.78, 5) is 0. The number of nitrogens with one attached hydrogen (secondary N) is 1. The van der Waals surface area contributed by atoms with Crippen molar-refractivity contribution in [3.63, 3.8) is 0 Å². The van der Waals surface area contributed by atoms with Gasteiger partial charge in [-0.25, -0.2) is 4.39 Å². The molecular formula is C14H22FNS. The van der Waals surface area contributed by atoms with Crippen LogP contribution >= 0.6 is 11.8 Å². The number of thioether (sulfide) groups is 1. The van der Waals surface area contributed by atoms with Crippen molar-refractivity contribution in [2.24, 2.45) is 0 Å². The monoisotopic (exact) mass is 255 g/mol. The van der Waals surface area contributed by atoms with Crippen molar-refractivity contribution in [3.8, 4) is 0 Å².